The molecule has 0 fully saturated rings. The highest BCUT2D eigenvalue weighted by Crippen LogP contribution is 2.31. The Bertz CT molecular complexity index is 642. The summed E-state index contributed by atoms with van der Waals surface area (Å²) in [5, 5.41) is 10.2. The van der Waals surface area contributed by atoms with Crippen LogP contribution in [-0.2, 0) is 11.2 Å². The maximum Gasteiger partial charge on any atom is 0.230 e. The van der Waals surface area contributed by atoms with Gasteiger partial charge in [0.25, 0.3) is 0 Å². The highest BCUT2D eigenvalue weighted by atomic mass is 35.5. The number of hydrogen-bond donors (Lipinski definition) is 2. The fraction of sp³-hybridized carbons (Fsp3) is 0.250. The number of anilines is 2. The monoisotopic (exact) mass is 296 g/mol. The first kappa shape index (κ1) is 14.1. The van der Waals surface area contributed by atoms with Gasteiger partial charge in [0, 0.05) is 11.1 Å². The summed E-state index contributed by atoms with van der Waals surface area (Å²) in [5.74, 6) is 0.257. The molecule has 0 aliphatic carbocycles. The molecule has 2 aromatic rings. The molecule has 20 heavy (non-hydrogen) atoms. The fourth-order valence-electron chi connectivity index (χ4n) is 1.61. The topological polar surface area (TPSA) is 103 Å². The number of benzene rings is 1. The van der Waals surface area contributed by atoms with Crippen molar-refractivity contribution in [1.82, 2.24) is 10.3 Å². The normalized spacial score (nSPS) is 10.3. The van der Waals surface area contributed by atoms with Gasteiger partial charge in [-0.3, -0.25) is 4.79 Å². The predicted octanol–water partition coefficient (Wildman–Crippen LogP) is 1.80. The zero-order valence-electron chi connectivity index (χ0n) is 10.9. The number of halogens is 1. The van der Waals surface area contributed by atoms with E-state index in [1.165, 1.54) is 7.11 Å². The number of nitrogen functional groups attached to an aromatic ring is 1. The highest BCUT2D eigenvalue weighted by molar-refractivity contribution is 6.31. The van der Waals surface area contributed by atoms with Gasteiger partial charge in [-0.25, -0.2) is 4.63 Å². The number of ether oxygens (including phenoxy) is 1. The van der Waals surface area contributed by atoms with Gasteiger partial charge in [0.15, 0.2) is 5.82 Å². The number of aryl methyl sites for hydroxylation is 1. The molecule has 0 bridgehead atoms. The van der Waals surface area contributed by atoms with E-state index in [9.17, 15) is 4.79 Å². The van der Waals surface area contributed by atoms with Gasteiger partial charge in [0.1, 0.15) is 11.4 Å². The molecule has 106 valence electrons. The maximum absolute atomic E-state index is 11.9. The van der Waals surface area contributed by atoms with Gasteiger partial charge < -0.3 is 15.8 Å². The smallest absolute Gasteiger partial charge is 0.230 e. The second-order valence-corrected chi connectivity index (χ2v) is 4.53. The van der Waals surface area contributed by atoms with Crippen LogP contribution in [0.4, 0.5) is 11.5 Å². The molecular weight excluding hydrogens is 284 g/mol. The Kier molecular flexibility index (Phi) is 4.09. The van der Waals surface area contributed by atoms with Crippen LogP contribution in [0.5, 0.6) is 5.75 Å². The molecule has 0 saturated heterocycles. The molecule has 0 aliphatic heterocycles. The summed E-state index contributed by atoms with van der Waals surface area (Å²) in [6.45, 7) is 1.83. The van der Waals surface area contributed by atoms with E-state index in [1.54, 1.807) is 12.1 Å². The van der Waals surface area contributed by atoms with Gasteiger partial charge in [-0.1, -0.05) is 16.8 Å². The van der Waals surface area contributed by atoms with Crippen molar-refractivity contribution in [3.8, 4) is 5.75 Å². The molecule has 0 atom stereocenters. The summed E-state index contributed by atoms with van der Waals surface area (Å²) in [5.41, 5.74) is 7.12. The Morgan fingerprint density at radius 2 is 2.25 bits per heavy atom. The number of nitrogens with zero attached hydrogens (tertiary/aromatic N) is 2. The van der Waals surface area contributed by atoms with Crippen molar-refractivity contribution in [3.05, 3.63) is 28.4 Å². The van der Waals surface area contributed by atoms with Crippen molar-refractivity contribution >= 4 is 29.0 Å². The fourth-order valence-corrected chi connectivity index (χ4v) is 1.77. The lowest BCUT2D eigenvalue weighted by Gasteiger charge is -2.11. The molecule has 7 nitrogen and oxygen atoms in total. The summed E-state index contributed by atoms with van der Waals surface area (Å²) < 4.78 is 9.60. The number of hydrogen-bond acceptors (Lipinski definition) is 6. The van der Waals surface area contributed by atoms with E-state index in [-0.39, 0.29) is 23.8 Å². The minimum Gasteiger partial charge on any atom is -0.495 e. The van der Waals surface area contributed by atoms with Gasteiger partial charge in [-0.15, -0.1) is 0 Å². The molecule has 0 unspecified atom stereocenters. The molecule has 8 heteroatoms. The van der Waals surface area contributed by atoms with Crippen LogP contribution in [0.2, 0.25) is 5.02 Å². The van der Waals surface area contributed by atoms with Gasteiger partial charge in [-0.2, -0.15) is 0 Å². The van der Waals surface area contributed by atoms with Gasteiger partial charge >= 0.3 is 0 Å². The number of nitrogens with two attached hydrogens (primary N) is 1. The maximum atomic E-state index is 11.9. The van der Waals surface area contributed by atoms with E-state index in [0.29, 0.717) is 16.5 Å². The van der Waals surface area contributed by atoms with E-state index in [1.807, 2.05) is 6.92 Å². The second kappa shape index (κ2) is 5.79. The first-order valence-electron chi connectivity index (χ1n) is 5.72. The van der Waals surface area contributed by atoms with Crippen LogP contribution >= 0.6 is 11.6 Å². The van der Waals surface area contributed by atoms with E-state index >= 15 is 0 Å². The Morgan fingerprint density at radius 1 is 1.50 bits per heavy atom. The summed E-state index contributed by atoms with van der Waals surface area (Å²) in [4.78, 5) is 11.9. The number of methoxy groups -OCH3 is 1. The van der Waals surface area contributed by atoms with Crippen LogP contribution < -0.4 is 15.8 Å². The van der Waals surface area contributed by atoms with Gasteiger partial charge in [-0.05, 0) is 23.7 Å². The SMILES string of the molecule is COc1cc(Cl)c(C)cc1NC(=O)Cc1nonc1N. The van der Waals surface area contributed by atoms with Crippen LogP contribution in [0.25, 0.3) is 0 Å². The van der Waals surface area contributed by atoms with Crippen molar-refractivity contribution in [2.45, 2.75) is 13.3 Å². The van der Waals surface area contributed by atoms with E-state index in [0.717, 1.165) is 5.56 Å². The number of nitrogens with one attached hydrogen (secondary N) is 1. The molecule has 2 rings (SSSR count). The first-order valence-corrected chi connectivity index (χ1v) is 6.10. The van der Waals surface area contributed by atoms with E-state index in [4.69, 9.17) is 22.1 Å². The van der Waals surface area contributed by atoms with Crippen LogP contribution in [0.1, 0.15) is 11.3 Å². The van der Waals surface area contributed by atoms with Crippen molar-refractivity contribution in [2.75, 3.05) is 18.2 Å². The first-order chi connectivity index (χ1) is 9.51. The largest absolute Gasteiger partial charge is 0.495 e. The highest BCUT2D eigenvalue weighted by Gasteiger charge is 2.14. The second-order valence-electron chi connectivity index (χ2n) is 4.12. The van der Waals surface area contributed by atoms with Gasteiger partial charge in [0.2, 0.25) is 5.91 Å². The van der Waals surface area contributed by atoms with E-state index < -0.39 is 0 Å². The van der Waals surface area contributed by atoms with Crippen LogP contribution in [0.15, 0.2) is 16.8 Å². The average molecular weight is 297 g/mol. The molecule has 1 amide bonds. The summed E-state index contributed by atoms with van der Waals surface area (Å²) in [6, 6.07) is 3.36. The zero-order valence-corrected chi connectivity index (χ0v) is 11.7. The van der Waals surface area contributed by atoms with Crippen molar-refractivity contribution < 1.29 is 14.2 Å². The number of carbonyl (C=O) groups is 1. The Morgan fingerprint density at radius 3 is 2.85 bits per heavy atom. The average Bonchev–Trinajstić information content (AvgIpc) is 2.79. The molecule has 1 aromatic carbocycles. The molecule has 3 N–H and O–H groups in total. The lowest BCUT2D eigenvalue weighted by molar-refractivity contribution is -0.115. The molecule has 0 radical (unpaired) electrons. The number of rotatable bonds is 4. The van der Waals surface area contributed by atoms with Crippen LogP contribution in [-0.4, -0.2) is 23.3 Å². The number of aromatic nitrogens is 2. The minimum absolute atomic E-state index is 0.0415. The zero-order chi connectivity index (χ0) is 14.7. The Hall–Kier alpha value is -2.28. The van der Waals surface area contributed by atoms with Crippen molar-refractivity contribution in [1.29, 1.82) is 0 Å². The lowest BCUT2D eigenvalue weighted by Crippen LogP contribution is -2.16. The molecule has 0 saturated carbocycles. The number of amides is 1. The minimum atomic E-state index is -0.313. The molecule has 0 aliphatic rings. The van der Waals surface area contributed by atoms with E-state index in [2.05, 4.69) is 20.3 Å². The summed E-state index contributed by atoms with van der Waals surface area (Å²) >= 11 is 6.00. The third-order valence-corrected chi connectivity index (χ3v) is 3.08. The lowest BCUT2D eigenvalue weighted by atomic mass is 10.2. The molecular formula is C12H13ClN4O3. The predicted molar refractivity (Wildman–Crippen MR) is 73.8 cm³/mol. The Balaban J connectivity index is 2.15. The van der Waals surface area contributed by atoms with Crippen LogP contribution in [0, 0.1) is 6.92 Å². The van der Waals surface area contributed by atoms with Crippen LogP contribution in [0.3, 0.4) is 0 Å². The van der Waals surface area contributed by atoms with Crippen molar-refractivity contribution in [3.63, 3.8) is 0 Å². The Labute approximate surface area is 120 Å². The third kappa shape index (κ3) is 3.00. The van der Waals surface area contributed by atoms with Gasteiger partial charge in [0.05, 0.1) is 19.2 Å². The summed E-state index contributed by atoms with van der Waals surface area (Å²) in [7, 11) is 1.50. The van der Waals surface area contributed by atoms with Crippen molar-refractivity contribution in [2.24, 2.45) is 0 Å². The third-order valence-electron chi connectivity index (χ3n) is 2.67. The molecule has 0 spiro atoms. The standard InChI is InChI=1S/C12H13ClN4O3/c1-6-3-8(10(19-2)4-7(6)13)15-11(18)5-9-12(14)17-20-16-9/h3-4H,5H2,1-2H3,(H2,14,17)(H,15,18). The molecule has 1 heterocycles. The summed E-state index contributed by atoms with van der Waals surface area (Å²) in [6.07, 6.45) is -0.0415. The quantitative estimate of drug-likeness (QED) is 0.891. The molecule has 1 aromatic heterocycles. The number of carbonyl (C=O) groups excluding carboxylic acids is 1.